The van der Waals surface area contributed by atoms with Crippen LogP contribution in [0.1, 0.15) is 84.0 Å². The third-order valence-corrected chi connectivity index (χ3v) is 4.65. The molecule has 0 heterocycles. The monoisotopic (exact) mass is 297 g/mol. The van der Waals surface area contributed by atoms with Crippen LogP contribution in [0.15, 0.2) is 0 Å². The Morgan fingerprint density at radius 1 is 1.00 bits per heavy atom. The fourth-order valence-corrected chi connectivity index (χ4v) is 3.12. The molecule has 1 saturated carbocycles. The van der Waals surface area contributed by atoms with Crippen molar-refractivity contribution in [2.75, 3.05) is 6.54 Å². The summed E-state index contributed by atoms with van der Waals surface area (Å²) >= 11 is 0. The minimum atomic E-state index is -0.743. The van der Waals surface area contributed by atoms with E-state index in [0.29, 0.717) is 25.8 Å². The Morgan fingerprint density at radius 3 is 2.19 bits per heavy atom. The molecule has 0 unspecified atom stereocenters. The number of hydrogen-bond donors (Lipinski definition) is 2. The molecule has 0 bridgehead atoms. The molecule has 0 spiro atoms. The van der Waals surface area contributed by atoms with Crippen molar-refractivity contribution in [3.8, 4) is 0 Å². The van der Waals surface area contributed by atoms with Crippen molar-refractivity contribution in [1.82, 2.24) is 5.32 Å². The molecule has 122 valence electrons. The average molecular weight is 297 g/mol. The second kappa shape index (κ2) is 9.80. The van der Waals surface area contributed by atoms with Gasteiger partial charge in [-0.3, -0.25) is 9.59 Å². The van der Waals surface area contributed by atoms with Gasteiger partial charge in [-0.15, -0.1) is 0 Å². The SMILES string of the molecule is CCCCCCCC(=O)NCC1(C(=O)O)CCCCCC1. The van der Waals surface area contributed by atoms with E-state index in [1.807, 2.05) is 0 Å². The lowest BCUT2D eigenvalue weighted by atomic mass is 9.80. The highest BCUT2D eigenvalue weighted by Crippen LogP contribution is 2.34. The topological polar surface area (TPSA) is 66.4 Å². The second-order valence-corrected chi connectivity index (χ2v) is 6.44. The van der Waals surface area contributed by atoms with Gasteiger partial charge in [0.05, 0.1) is 5.41 Å². The molecule has 1 rings (SSSR count). The van der Waals surface area contributed by atoms with Crippen molar-refractivity contribution < 1.29 is 14.7 Å². The van der Waals surface area contributed by atoms with Gasteiger partial charge in [0, 0.05) is 13.0 Å². The van der Waals surface area contributed by atoms with Crippen LogP contribution in [0.5, 0.6) is 0 Å². The summed E-state index contributed by atoms with van der Waals surface area (Å²) in [5.74, 6) is -0.732. The van der Waals surface area contributed by atoms with Crippen LogP contribution in [0.4, 0.5) is 0 Å². The summed E-state index contributed by atoms with van der Waals surface area (Å²) < 4.78 is 0. The number of aliphatic carboxylic acids is 1. The molecule has 0 aromatic heterocycles. The van der Waals surface area contributed by atoms with Crippen molar-refractivity contribution in [2.45, 2.75) is 84.0 Å². The Kier molecular flexibility index (Phi) is 8.40. The van der Waals surface area contributed by atoms with Crippen LogP contribution in [0.25, 0.3) is 0 Å². The summed E-state index contributed by atoms with van der Waals surface area (Å²) in [5.41, 5.74) is -0.728. The Hall–Kier alpha value is -1.06. The van der Waals surface area contributed by atoms with Gasteiger partial charge in [0.2, 0.25) is 5.91 Å². The first-order valence-corrected chi connectivity index (χ1v) is 8.61. The molecule has 0 aliphatic heterocycles. The van der Waals surface area contributed by atoms with Gasteiger partial charge in [0.1, 0.15) is 0 Å². The van der Waals surface area contributed by atoms with Gasteiger partial charge in [0.15, 0.2) is 0 Å². The normalized spacial score (nSPS) is 18.0. The van der Waals surface area contributed by atoms with Crippen molar-refractivity contribution in [3.05, 3.63) is 0 Å². The van der Waals surface area contributed by atoms with Crippen molar-refractivity contribution >= 4 is 11.9 Å². The molecule has 2 N–H and O–H groups in total. The van der Waals surface area contributed by atoms with Crippen LogP contribution in [0, 0.1) is 5.41 Å². The summed E-state index contributed by atoms with van der Waals surface area (Å²) in [6.45, 7) is 2.47. The quantitative estimate of drug-likeness (QED) is 0.501. The molecule has 4 heteroatoms. The third kappa shape index (κ3) is 6.49. The van der Waals surface area contributed by atoms with Gasteiger partial charge in [-0.25, -0.2) is 0 Å². The summed E-state index contributed by atoms with van der Waals surface area (Å²) in [7, 11) is 0. The van der Waals surface area contributed by atoms with Crippen molar-refractivity contribution in [3.63, 3.8) is 0 Å². The van der Waals surface area contributed by atoms with Gasteiger partial charge < -0.3 is 10.4 Å². The summed E-state index contributed by atoms with van der Waals surface area (Å²) in [4.78, 5) is 23.5. The highest BCUT2D eigenvalue weighted by atomic mass is 16.4. The van der Waals surface area contributed by atoms with Gasteiger partial charge in [-0.2, -0.15) is 0 Å². The minimum absolute atomic E-state index is 0.0105. The summed E-state index contributed by atoms with van der Waals surface area (Å²) in [6.07, 6.45) is 11.7. The zero-order valence-corrected chi connectivity index (χ0v) is 13.5. The molecule has 0 radical (unpaired) electrons. The summed E-state index contributed by atoms with van der Waals surface area (Å²) in [5, 5.41) is 12.4. The Balaban J connectivity index is 2.32. The maximum atomic E-state index is 11.9. The molecule has 0 aromatic carbocycles. The fourth-order valence-electron chi connectivity index (χ4n) is 3.12. The largest absolute Gasteiger partial charge is 0.481 e. The first-order valence-electron chi connectivity index (χ1n) is 8.61. The third-order valence-electron chi connectivity index (χ3n) is 4.65. The Morgan fingerprint density at radius 2 is 1.62 bits per heavy atom. The van der Waals surface area contributed by atoms with Crippen LogP contribution >= 0.6 is 0 Å². The molecule has 0 atom stereocenters. The lowest BCUT2D eigenvalue weighted by molar-refractivity contribution is -0.149. The standard InChI is InChI=1S/C17H31NO3/c1-2-3-4-5-8-11-15(19)18-14-17(16(20)21)12-9-6-7-10-13-17/h2-14H2,1H3,(H,18,19)(H,20,21). The molecule has 0 saturated heterocycles. The number of carboxylic acids is 1. The number of unbranched alkanes of at least 4 members (excludes halogenated alkanes) is 4. The van der Waals surface area contributed by atoms with Crippen LogP contribution in [-0.2, 0) is 9.59 Å². The van der Waals surface area contributed by atoms with Gasteiger partial charge in [0.25, 0.3) is 0 Å². The predicted octanol–water partition coefficient (Wildman–Crippen LogP) is 3.89. The summed E-state index contributed by atoms with van der Waals surface area (Å²) in [6, 6.07) is 0. The molecule has 4 nitrogen and oxygen atoms in total. The minimum Gasteiger partial charge on any atom is -0.481 e. The van der Waals surface area contributed by atoms with E-state index < -0.39 is 11.4 Å². The number of carbonyl (C=O) groups excluding carboxylic acids is 1. The zero-order valence-electron chi connectivity index (χ0n) is 13.5. The zero-order chi connectivity index (χ0) is 15.6. The number of nitrogens with one attached hydrogen (secondary N) is 1. The van der Waals surface area contributed by atoms with Crippen LogP contribution < -0.4 is 5.32 Å². The van der Waals surface area contributed by atoms with E-state index in [0.717, 1.165) is 38.5 Å². The second-order valence-electron chi connectivity index (χ2n) is 6.44. The first kappa shape index (κ1) is 18.0. The molecule has 1 fully saturated rings. The molecular weight excluding hydrogens is 266 g/mol. The van der Waals surface area contributed by atoms with E-state index in [4.69, 9.17) is 0 Å². The van der Waals surface area contributed by atoms with E-state index in [9.17, 15) is 14.7 Å². The van der Waals surface area contributed by atoms with E-state index in [1.165, 1.54) is 19.3 Å². The van der Waals surface area contributed by atoms with Crippen molar-refractivity contribution in [2.24, 2.45) is 5.41 Å². The lowest BCUT2D eigenvalue weighted by Gasteiger charge is -2.28. The highest BCUT2D eigenvalue weighted by Gasteiger charge is 2.38. The first-order chi connectivity index (χ1) is 10.1. The van der Waals surface area contributed by atoms with Gasteiger partial charge >= 0.3 is 5.97 Å². The Bertz CT molecular complexity index is 320. The number of amides is 1. The van der Waals surface area contributed by atoms with Crippen molar-refractivity contribution in [1.29, 1.82) is 0 Å². The predicted molar refractivity (Wildman–Crippen MR) is 84.2 cm³/mol. The average Bonchev–Trinajstić information content (AvgIpc) is 2.71. The fraction of sp³-hybridized carbons (Fsp3) is 0.882. The molecule has 1 aliphatic rings. The van der Waals surface area contributed by atoms with Crippen LogP contribution in [0.3, 0.4) is 0 Å². The Labute approximate surface area is 128 Å². The number of carbonyl (C=O) groups is 2. The van der Waals surface area contributed by atoms with E-state index in [1.54, 1.807) is 0 Å². The molecule has 1 aliphatic carbocycles. The van der Waals surface area contributed by atoms with E-state index >= 15 is 0 Å². The van der Waals surface area contributed by atoms with Crippen LogP contribution in [-0.4, -0.2) is 23.5 Å². The number of hydrogen-bond acceptors (Lipinski definition) is 2. The molecule has 0 aromatic rings. The van der Waals surface area contributed by atoms with Gasteiger partial charge in [-0.05, 0) is 19.3 Å². The molecule has 1 amide bonds. The highest BCUT2D eigenvalue weighted by molar-refractivity contribution is 5.79. The maximum Gasteiger partial charge on any atom is 0.311 e. The van der Waals surface area contributed by atoms with Gasteiger partial charge in [-0.1, -0.05) is 58.3 Å². The van der Waals surface area contributed by atoms with E-state index in [2.05, 4.69) is 12.2 Å². The lowest BCUT2D eigenvalue weighted by Crippen LogP contribution is -2.42. The number of carboxylic acid groups (broad SMARTS) is 1. The van der Waals surface area contributed by atoms with Crippen LogP contribution in [0.2, 0.25) is 0 Å². The molecular formula is C17H31NO3. The van der Waals surface area contributed by atoms with E-state index in [-0.39, 0.29) is 5.91 Å². The maximum absolute atomic E-state index is 11.9. The smallest absolute Gasteiger partial charge is 0.311 e. The number of rotatable bonds is 9. The molecule has 21 heavy (non-hydrogen) atoms.